The molecule has 1 unspecified atom stereocenters. The van der Waals surface area contributed by atoms with Crippen LogP contribution in [0.15, 0.2) is 24.3 Å². The van der Waals surface area contributed by atoms with Gasteiger partial charge in [-0.25, -0.2) is 4.39 Å². The maximum absolute atomic E-state index is 13.4. The van der Waals surface area contributed by atoms with Gasteiger partial charge in [-0.2, -0.15) is 0 Å². The third kappa shape index (κ3) is 3.11. The summed E-state index contributed by atoms with van der Waals surface area (Å²) < 4.78 is 18.8. The lowest BCUT2D eigenvalue weighted by atomic mass is 10.1. The van der Waals surface area contributed by atoms with Crippen LogP contribution >= 0.6 is 0 Å². The van der Waals surface area contributed by atoms with Crippen molar-refractivity contribution in [3.8, 4) is 0 Å². The zero-order chi connectivity index (χ0) is 12.3. The molecular weight excluding hydrogens is 221 g/mol. The molecule has 0 aromatic heterocycles. The summed E-state index contributed by atoms with van der Waals surface area (Å²) in [6.45, 7) is 4.31. The van der Waals surface area contributed by atoms with E-state index in [0.717, 1.165) is 13.1 Å². The van der Waals surface area contributed by atoms with Crippen LogP contribution in [0.3, 0.4) is 0 Å². The molecule has 4 heteroatoms. The van der Waals surface area contributed by atoms with Gasteiger partial charge in [-0.05, 0) is 19.1 Å². The highest BCUT2D eigenvalue weighted by Gasteiger charge is 2.20. The molecule has 0 aliphatic carbocycles. The molecule has 0 saturated carbocycles. The van der Waals surface area contributed by atoms with Crippen molar-refractivity contribution in [2.45, 2.75) is 13.0 Å². The Hall–Kier alpha value is -1.26. The van der Waals surface area contributed by atoms with Crippen molar-refractivity contribution in [1.29, 1.82) is 0 Å². The minimum Gasteiger partial charge on any atom is -0.376 e. The van der Waals surface area contributed by atoms with E-state index in [4.69, 9.17) is 4.74 Å². The summed E-state index contributed by atoms with van der Waals surface area (Å²) in [5, 5.41) is 0. The van der Waals surface area contributed by atoms with Gasteiger partial charge in [0, 0.05) is 13.1 Å². The summed E-state index contributed by atoms with van der Waals surface area (Å²) in [5.74, 6) is -0.615. The van der Waals surface area contributed by atoms with Crippen molar-refractivity contribution in [1.82, 2.24) is 4.90 Å². The van der Waals surface area contributed by atoms with Crippen molar-refractivity contribution < 1.29 is 13.9 Å². The van der Waals surface area contributed by atoms with Crippen molar-refractivity contribution in [3.63, 3.8) is 0 Å². The second-order valence-electron chi connectivity index (χ2n) is 4.32. The second-order valence-corrected chi connectivity index (χ2v) is 4.32. The normalized spacial score (nSPS) is 21.4. The van der Waals surface area contributed by atoms with Gasteiger partial charge in [0.15, 0.2) is 5.78 Å². The molecule has 17 heavy (non-hydrogen) atoms. The van der Waals surface area contributed by atoms with E-state index in [2.05, 4.69) is 0 Å². The number of benzene rings is 1. The van der Waals surface area contributed by atoms with Gasteiger partial charge in [0.25, 0.3) is 0 Å². The third-order valence-corrected chi connectivity index (χ3v) is 2.87. The summed E-state index contributed by atoms with van der Waals surface area (Å²) in [6, 6.07) is 6.11. The van der Waals surface area contributed by atoms with Crippen LogP contribution in [0, 0.1) is 5.82 Å². The van der Waals surface area contributed by atoms with Gasteiger partial charge in [0.05, 0.1) is 24.8 Å². The highest BCUT2D eigenvalue weighted by molar-refractivity contribution is 5.97. The fourth-order valence-electron chi connectivity index (χ4n) is 2.01. The topological polar surface area (TPSA) is 29.5 Å². The number of nitrogens with zero attached hydrogens (tertiary/aromatic N) is 1. The maximum Gasteiger partial charge on any atom is 0.179 e. The molecule has 1 aliphatic heterocycles. The van der Waals surface area contributed by atoms with Gasteiger partial charge >= 0.3 is 0 Å². The van der Waals surface area contributed by atoms with Crippen LogP contribution < -0.4 is 0 Å². The first-order valence-electron chi connectivity index (χ1n) is 5.78. The number of rotatable bonds is 3. The Bertz CT molecular complexity index is 408. The highest BCUT2D eigenvalue weighted by Crippen LogP contribution is 2.10. The summed E-state index contributed by atoms with van der Waals surface area (Å²) in [6.07, 6.45) is 0.136. The molecule has 3 nitrogen and oxygen atoms in total. The van der Waals surface area contributed by atoms with Crippen LogP contribution in [0.2, 0.25) is 0 Å². The standard InChI is InChI=1S/C13H16FNO2/c1-10-8-15(6-7-17-10)9-13(16)11-4-2-3-5-12(11)14/h2-5,10H,6-9H2,1H3. The van der Waals surface area contributed by atoms with E-state index in [9.17, 15) is 9.18 Å². The molecule has 1 aromatic rings. The molecule has 1 heterocycles. The van der Waals surface area contributed by atoms with E-state index >= 15 is 0 Å². The number of ether oxygens (including phenoxy) is 1. The molecule has 2 rings (SSSR count). The van der Waals surface area contributed by atoms with E-state index in [-0.39, 0.29) is 24.0 Å². The molecule has 0 spiro atoms. The first kappa shape index (κ1) is 12.2. The van der Waals surface area contributed by atoms with Gasteiger partial charge in [0.1, 0.15) is 5.82 Å². The van der Waals surface area contributed by atoms with Gasteiger partial charge in [0.2, 0.25) is 0 Å². The lowest BCUT2D eigenvalue weighted by Gasteiger charge is -2.30. The number of hydrogen-bond donors (Lipinski definition) is 0. The molecule has 0 amide bonds. The fourth-order valence-corrected chi connectivity index (χ4v) is 2.01. The lowest BCUT2D eigenvalue weighted by molar-refractivity contribution is -0.0158. The van der Waals surface area contributed by atoms with E-state index in [1.54, 1.807) is 12.1 Å². The van der Waals surface area contributed by atoms with Gasteiger partial charge in [-0.1, -0.05) is 12.1 Å². The number of ketones is 1. The molecule has 1 atom stereocenters. The molecule has 92 valence electrons. The minimum absolute atomic E-state index is 0.136. The lowest BCUT2D eigenvalue weighted by Crippen LogP contribution is -2.43. The zero-order valence-corrected chi connectivity index (χ0v) is 9.86. The van der Waals surface area contributed by atoms with Crippen LogP contribution in [0.4, 0.5) is 4.39 Å². The van der Waals surface area contributed by atoms with E-state index in [0.29, 0.717) is 6.61 Å². The Morgan fingerprint density at radius 1 is 1.53 bits per heavy atom. The Labute approximate surface area is 100 Å². The highest BCUT2D eigenvalue weighted by atomic mass is 19.1. The monoisotopic (exact) mass is 237 g/mol. The zero-order valence-electron chi connectivity index (χ0n) is 9.86. The minimum atomic E-state index is -0.446. The Kier molecular flexibility index (Phi) is 3.86. The Balaban J connectivity index is 1.99. The van der Waals surface area contributed by atoms with Gasteiger partial charge < -0.3 is 4.74 Å². The number of Topliss-reactive ketones (excluding diaryl/α,β-unsaturated/α-hetero) is 1. The van der Waals surface area contributed by atoms with Crippen molar-refractivity contribution >= 4 is 5.78 Å². The van der Waals surface area contributed by atoms with Gasteiger partial charge in [-0.3, -0.25) is 9.69 Å². The Morgan fingerprint density at radius 3 is 3.00 bits per heavy atom. The summed E-state index contributed by atoms with van der Waals surface area (Å²) in [5.41, 5.74) is 0.173. The van der Waals surface area contributed by atoms with Crippen molar-refractivity contribution in [2.24, 2.45) is 0 Å². The van der Waals surface area contributed by atoms with E-state index < -0.39 is 5.82 Å². The van der Waals surface area contributed by atoms with E-state index in [1.165, 1.54) is 12.1 Å². The molecule has 1 fully saturated rings. The van der Waals surface area contributed by atoms with Crippen LogP contribution in [0.5, 0.6) is 0 Å². The van der Waals surface area contributed by atoms with Crippen molar-refractivity contribution in [3.05, 3.63) is 35.6 Å². The largest absolute Gasteiger partial charge is 0.376 e. The summed E-state index contributed by atoms with van der Waals surface area (Å²) in [7, 11) is 0. The van der Waals surface area contributed by atoms with Crippen LogP contribution in [-0.2, 0) is 4.74 Å². The van der Waals surface area contributed by atoms with E-state index in [1.807, 2.05) is 11.8 Å². The third-order valence-electron chi connectivity index (χ3n) is 2.87. The predicted octanol–water partition coefficient (Wildman–Crippen LogP) is 1.73. The second kappa shape index (κ2) is 5.38. The smallest absolute Gasteiger partial charge is 0.179 e. The SMILES string of the molecule is CC1CN(CC(=O)c2ccccc2F)CCO1. The van der Waals surface area contributed by atoms with Crippen LogP contribution in [0.25, 0.3) is 0 Å². The fraction of sp³-hybridized carbons (Fsp3) is 0.462. The van der Waals surface area contributed by atoms with Crippen LogP contribution in [0.1, 0.15) is 17.3 Å². The number of hydrogen-bond acceptors (Lipinski definition) is 3. The number of halogens is 1. The number of carbonyl (C=O) groups excluding carboxylic acids is 1. The summed E-state index contributed by atoms with van der Waals surface area (Å²) in [4.78, 5) is 13.9. The van der Waals surface area contributed by atoms with Gasteiger partial charge in [-0.15, -0.1) is 0 Å². The maximum atomic E-state index is 13.4. The van der Waals surface area contributed by atoms with Crippen molar-refractivity contribution in [2.75, 3.05) is 26.2 Å². The molecular formula is C13H16FNO2. The quantitative estimate of drug-likeness (QED) is 0.750. The molecule has 1 aliphatic rings. The molecule has 0 N–H and O–H groups in total. The number of carbonyl (C=O) groups is 1. The van der Waals surface area contributed by atoms with Crippen LogP contribution in [-0.4, -0.2) is 43.0 Å². The Morgan fingerprint density at radius 2 is 2.29 bits per heavy atom. The molecule has 0 radical (unpaired) electrons. The first-order chi connectivity index (χ1) is 8.16. The molecule has 0 bridgehead atoms. The average Bonchev–Trinajstić information content (AvgIpc) is 2.29. The first-order valence-corrected chi connectivity index (χ1v) is 5.78. The number of morpholine rings is 1. The molecule has 1 aromatic carbocycles. The average molecular weight is 237 g/mol. The summed E-state index contributed by atoms with van der Waals surface area (Å²) >= 11 is 0. The predicted molar refractivity (Wildman–Crippen MR) is 62.6 cm³/mol. The molecule has 1 saturated heterocycles.